The van der Waals surface area contributed by atoms with E-state index in [0.29, 0.717) is 11.3 Å². The maximum atomic E-state index is 11.6. The van der Waals surface area contributed by atoms with Crippen molar-refractivity contribution < 1.29 is 9.90 Å². The number of aliphatic hydroxyl groups is 1. The Morgan fingerprint density at radius 3 is 2.75 bits per heavy atom. The van der Waals surface area contributed by atoms with Crippen molar-refractivity contribution in [2.24, 2.45) is 0 Å². The molecule has 1 amide bonds. The number of amides is 1. The fourth-order valence-electron chi connectivity index (χ4n) is 2.26. The molecule has 1 heterocycles. The average Bonchev–Trinajstić information content (AvgIpc) is 2.50. The van der Waals surface area contributed by atoms with Gasteiger partial charge < -0.3 is 10.4 Å². The van der Waals surface area contributed by atoms with Gasteiger partial charge in [-0.05, 0) is 23.8 Å². The molecule has 16 heavy (non-hydrogen) atoms. The third-order valence-electron chi connectivity index (χ3n) is 3.11. The van der Waals surface area contributed by atoms with Crippen LogP contribution < -0.4 is 5.32 Å². The summed E-state index contributed by atoms with van der Waals surface area (Å²) >= 11 is 0. The van der Waals surface area contributed by atoms with E-state index in [0.717, 1.165) is 10.8 Å². The zero-order valence-corrected chi connectivity index (χ0v) is 8.82. The minimum absolute atomic E-state index is 0.362. The molecule has 0 spiro atoms. The minimum Gasteiger partial charge on any atom is -0.375 e. The maximum absolute atomic E-state index is 11.6. The van der Waals surface area contributed by atoms with Gasteiger partial charge >= 0.3 is 0 Å². The van der Waals surface area contributed by atoms with Crippen LogP contribution in [0.5, 0.6) is 0 Å². The van der Waals surface area contributed by atoms with Crippen LogP contribution in [0.4, 0.5) is 5.69 Å². The lowest BCUT2D eigenvalue weighted by Crippen LogP contribution is -2.30. The predicted molar refractivity (Wildman–Crippen MR) is 62.1 cm³/mol. The first-order valence-electron chi connectivity index (χ1n) is 5.17. The van der Waals surface area contributed by atoms with Crippen LogP contribution in [-0.4, -0.2) is 11.0 Å². The van der Waals surface area contributed by atoms with Gasteiger partial charge in [0.2, 0.25) is 0 Å². The Labute approximate surface area is 92.7 Å². The zero-order valence-electron chi connectivity index (χ0n) is 8.82. The van der Waals surface area contributed by atoms with Crippen LogP contribution >= 0.6 is 0 Å². The molecular formula is C13H11NO2. The van der Waals surface area contributed by atoms with Gasteiger partial charge in [0.05, 0.1) is 0 Å². The smallest absolute Gasteiger partial charge is 0.260 e. The molecule has 0 aliphatic carbocycles. The van der Waals surface area contributed by atoms with Crippen LogP contribution in [-0.2, 0) is 10.4 Å². The van der Waals surface area contributed by atoms with Gasteiger partial charge in [0.1, 0.15) is 0 Å². The molecule has 0 fully saturated rings. The van der Waals surface area contributed by atoms with Crippen LogP contribution in [0.1, 0.15) is 12.5 Å². The molecular weight excluding hydrogens is 202 g/mol. The molecule has 0 saturated carbocycles. The monoisotopic (exact) mass is 213 g/mol. The fraction of sp³-hybridized carbons (Fsp3) is 0.154. The highest BCUT2D eigenvalue weighted by atomic mass is 16.3. The Morgan fingerprint density at radius 2 is 1.94 bits per heavy atom. The average molecular weight is 213 g/mol. The van der Waals surface area contributed by atoms with E-state index in [4.69, 9.17) is 0 Å². The third kappa shape index (κ3) is 1.03. The van der Waals surface area contributed by atoms with E-state index in [1.54, 1.807) is 0 Å². The first kappa shape index (κ1) is 9.36. The third-order valence-corrected chi connectivity index (χ3v) is 3.11. The molecule has 0 radical (unpaired) electrons. The van der Waals surface area contributed by atoms with Gasteiger partial charge in [-0.3, -0.25) is 4.79 Å². The first-order chi connectivity index (χ1) is 7.60. The zero-order chi connectivity index (χ0) is 11.3. The van der Waals surface area contributed by atoms with Gasteiger partial charge in [0.25, 0.3) is 5.91 Å². The summed E-state index contributed by atoms with van der Waals surface area (Å²) < 4.78 is 0. The Morgan fingerprint density at radius 1 is 1.19 bits per heavy atom. The van der Waals surface area contributed by atoms with Crippen molar-refractivity contribution in [1.82, 2.24) is 0 Å². The summed E-state index contributed by atoms with van der Waals surface area (Å²) in [4.78, 5) is 11.6. The summed E-state index contributed by atoms with van der Waals surface area (Å²) in [6.45, 7) is 1.53. The van der Waals surface area contributed by atoms with Gasteiger partial charge in [-0.1, -0.05) is 30.3 Å². The number of hydrogen-bond acceptors (Lipinski definition) is 2. The number of fused-ring (bicyclic) bond motifs is 3. The second-order valence-corrected chi connectivity index (χ2v) is 4.24. The molecule has 3 heteroatoms. The minimum atomic E-state index is -1.43. The van der Waals surface area contributed by atoms with Crippen molar-refractivity contribution in [1.29, 1.82) is 0 Å². The van der Waals surface area contributed by atoms with E-state index in [1.165, 1.54) is 6.92 Å². The highest BCUT2D eigenvalue weighted by Gasteiger charge is 2.41. The lowest BCUT2D eigenvalue weighted by molar-refractivity contribution is -0.131. The lowest BCUT2D eigenvalue weighted by atomic mass is 9.92. The van der Waals surface area contributed by atoms with Crippen LogP contribution in [0.3, 0.4) is 0 Å². The van der Waals surface area contributed by atoms with Gasteiger partial charge in [-0.15, -0.1) is 0 Å². The molecule has 1 aliphatic rings. The summed E-state index contributed by atoms with van der Waals surface area (Å²) in [7, 11) is 0. The number of carbonyl (C=O) groups is 1. The molecule has 2 aromatic carbocycles. The number of rotatable bonds is 0. The Bertz CT molecular complexity index is 602. The number of hydrogen-bond donors (Lipinski definition) is 2. The molecule has 0 aromatic heterocycles. The van der Waals surface area contributed by atoms with Crippen molar-refractivity contribution in [3.8, 4) is 0 Å². The molecule has 1 atom stereocenters. The Hall–Kier alpha value is -1.87. The normalized spacial score (nSPS) is 23.2. The Balaban J connectivity index is 2.44. The molecule has 80 valence electrons. The van der Waals surface area contributed by atoms with Gasteiger partial charge in [0.15, 0.2) is 5.60 Å². The molecule has 3 rings (SSSR count). The summed E-state index contributed by atoms with van der Waals surface area (Å²) in [6.07, 6.45) is 0. The summed E-state index contributed by atoms with van der Waals surface area (Å²) in [5, 5.41) is 14.8. The van der Waals surface area contributed by atoms with Crippen LogP contribution in [0.25, 0.3) is 10.8 Å². The molecule has 3 nitrogen and oxygen atoms in total. The van der Waals surface area contributed by atoms with Crippen LogP contribution in [0.2, 0.25) is 0 Å². The van der Waals surface area contributed by atoms with Gasteiger partial charge in [0, 0.05) is 11.3 Å². The highest BCUT2D eigenvalue weighted by molar-refractivity contribution is 6.10. The lowest BCUT2D eigenvalue weighted by Gasteiger charge is -2.15. The van der Waals surface area contributed by atoms with Crippen molar-refractivity contribution in [2.75, 3.05) is 5.32 Å². The molecule has 1 unspecified atom stereocenters. The first-order valence-corrected chi connectivity index (χ1v) is 5.17. The largest absolute Gasteiger partial charge is 0.375 e. The van der Waals surface area contributed by atoms with E-state index in [2.05, 4.69) is 5.32 Å². The highest BCUT2D eigenvalue weighted by Crippen LogP contribution is 2.40. The topological polar surface area (TPSA) is 49.3 Å². The quantitative estimate of drug-likeness (QED) is 0.703. The van der Waals surface area contributed by atoms with E-state index in [-0.39, 0.29) is 5.91 Å². The van der Waals surface area contributed by atoms with Crippen LogP contribution in [0, 0.1) is 0 Å². The molecule has 0 saturated heterocycles. The number of benzene rings is 2. The maximum Gasteiger partial charge on any atom is 0.260 e. The van der Waals surface area contributed by atoms with Crippen molar-refractivity contribution in [3.63, 3.8) is 0 Å². The van der Waals surface area contributed by atoms with Crippen LogP contribution in [0.15, 0.2) is 36.4 Å². The number of carbonyl (C=O) groups excluding carboxylic acids is 1. The van der Waals surface area contributed by atoms with Gasteiger partial charge in [-0.25, -0.2) is 0 Å². The summed E-state index contributed by atoms with van der Waals surface area (Å²) in [6, 6.07) is 11.5. The molecule has 1 aliphatic heterocycles. The summed E-state index contributed by atoms with van der Waals surface area (Å²) in [5.41, 5.74) is -0.0553. The predicted octanol–water partition coefficient (Wildman–Crippen LogP) is 2.00. The second kappa shape index (κ2) is 2.83. The van der Waals surface area contributed by atoms with E-state index < -0.39 is 5.60 Å². The fourth-order valence-corrected chi connectivity index (χ4v) is 2.26. The molecule has 0 bridgehead atoms. The second-order valence-electron chi connectivity index (χ2n) is 4.24. The summed E-state index contributed by atoms with van der Waals surface area (Å²) in [5.74, 6) is -0.362. The Kier molecular flexibility index (Phi) is 1.66. The standard InChI is InChI=1S/C13H11NO2/c1-13(16)11-9-5-3-2-4-8(9)6-7-10(11)14-12(13)15/h2-7,16H,1H3,(H,14,15). The van der Waals surface area contributed by atoms with E-state index in [1.807, 2.05) is 36.4 Å². The number of nitrogens with one attached hydrogen (secondary N) is 1. The van der Waals surface area contributed by atoms with Crippen molar-refractivity contribution in [2.45, 2.75) is 12.5 Å². The van der Waals surface area contributed by atoms with Crippen molar-refractivity contribution >= 4 is 22.4 Å². The van der Waals surface area contributed by atoms with E-state index in [9.17, 15) is 9.90 Å². The molecule has 2 aromatic rings. The SMILES string of the molecule is CC1(O)C(=O)Nc2ccc3ccccc3c21. The van der Waals surface area contributed by atoms with E-state index >= 15 is 0 Å². The van der Waals surface area contributed by atoms with Crippen molar-refractivity contribution in [3.05, 3.63) is 42.0 Å². The van der Waals surface area contributed by atoms with Gasteiger partial charge in [-0.2, -0.15) is 0 Å². The molecule has 2 N–H and O–H groups in total. The number of anilines is 1.